The first-order chi connectivity index (χ1) is 8.72. The molecule has 1 aliphatic heterocycles. The highest BCUT2D eigenvalue weighted by molar-refractivity contribution is 5.56. The molecule has 1 atom stereocenters. The fourth-order valence-corrected chi connectivity index (χ4v) is 2.67. The Labute approximate surface area is 109 Å². The van der Waals surface area contributed by atoms with E-state index in [9.17, 15) is 5.11 Å². The Bertz CT molecular complexity index is 429. The molecule has 1 heterocycles. The molecule has 1 saturated heterocycles. The number of anilines is 1. The Kier molecular flexibility index (Phi) is 3.27. The zero-order valence-corrected chi connectivity index (χ0v) is 11.0. The third-order valence-corrected chi connectivity index (χ3v) is 3.90. The highest BCUT2D eigenvalue weighted by atomic mass is 16.3. The van der Waals surface area contributed by atoms with Crippen molar-refractivity contribution in [3.8, 4) is 0 Å². The van der Waals surface area contributed by atoms with Crippen molar-refractivity contribution in [1.29, 1.82) is 0 Å². The van der Waals surface area contributed by atoms with Gasteiger partial charge in [-0.3, -0.25) is 0 Å². The SMILES string of the molecule is Cc1ccc(N2CCC(O)C2)c(CNC2CC2)c1. The molecule has 0 spiro atoms. The third kappa shape index (κ3) is 2.68. The van der Waals surface area contributed by atoms with Crippen molar-refractivity contribution in [3.63, 3.8) is 0 Å². The summed E-state index contributed by atoms with van der Waals surface area (Å²) in [6.45, 7) is 4.84. The Hall–Kier alpha value is -1.06. The maximum absolute atomic E-state index is 9.68. The average molecular weight is 246 g/mol. The van der Waals surface area contributed by atoms with Crippen molar-refractivity contribution in [1.82, 2.24) is 5.32 Å². The molecule has 3 nitrogen and oxygen atoms in total. The van der Waals surface area contributed by atoms with Gasteiger partial charge in [0.2, 0.25) is 0 Å². The lowest BCUT2D eigenvalue weighted by Gasteiger charge is -2.22. The summed E-state index contributed by atoms with van der Waals surface area (Å²) in [7, 11) is 0. The molecule has 0 radical (unpaired) electrons. The predicted molar refractivity (Wildman–Crippen MR) is 73.9 cm³/mol. The lowest BCUT2D eigenvalue weighted by molar-refractivity contribution is 0.198. The van der Waals surface area contributed by atoms with Gasteiger partial charge in [-0.1, -0.05) is 17.7 Å². The van der Waals surface area contributed by atoms with Gasteiger partial charge in [-0.25, -0.2) is 0 Å². The number of β-amino-alcohol motifs (C(OH)–C–C–N with tert-alkyl or cyclic N) is 1. The van der Waals surface area contributed by atoms with Crippen LogP contribution in [0.25, 0.3) is 0 Å². The second-order valence-electron chi connectivity index (χ2n) is 5.68. The first-order valence-corrected chi connectivity index (χ1v) is 6.98. The van der Waals surface area contributed by atoms with Gasteiger partial charge in [0, 0.05) is 31.4 Å². The van der Waals surface area contributed by atoms with Gasteiger partial charge in [0.15, 0.2) is 0 Å². The summed E-state index contributed by atoms with van der Waals surface area (Å²) in [6.07, 6.45) is 3.38. The van der Waals surface area contributed by atoms with Crippen LogP contribution in [0, 0.1) is 6.92 Å². The van der Waals surface area contributed by atoms with E-state index < -0.39 is 0 Å². The fraction of sp³-hybridized carbons (Fsp3) is 0.600. The minimum Gasteiger partial charge on any atom is -0.391 e. The molecule has 2 N–H and O–H groups in total. The molecule has 3 rings (SSSR count). The standard InChI is InChI=1S/C15H22N2O/c1-11-2-5-15(17-7-6-14(18)10-17)12(8-11)9-16-13-3-4-13/h2,5,8,13-14,16,18H,3-4,6-7,9-10H2,1H3. The summed E-state index contributed by atoms with van der Waals surface area (Å²) in [5.41, 5.74) is 3.98. The van der Waals surface area contributed by atoms with Crippen LogP contribution in [-0.4, -0.2) is 30.3 Å². The molecule has 1 saturated carbocycles. The third-order valence-electron chi connectivity index (χ3n) is 3.90. The largest absolute Gasteiger partial charge is 0.391 e. The predicted octanol–water partition coefficient (Wildman–Crippen LogP) is 1.82. The molecule has 2 fully saturated rings. The molecule has 1 aliphatic carbocycles. The van der Waals surface area contributed by atoms with E-state index >= 15 is 0 Å². The lowest BCUT2D eigenvalue weighted by atomic mass is 10.1. The van der Waals surface area contributed by atoms with Gasteiger partial charge in [0.25, 0.3) is 0 Å². The van der Waals surface area contributed by atoms with Gasteiger partial charge in [-0.15, -0.1) is 0 Å². The number of aliphatic hydroxyl groups is 1. The fourth-order valence-electron chi connectivity index (χ4n) is 2.67. The molecule has 1 aromatic carbocycles. The van der Waals surface area contributed by atoms with Crippen LogP contribution in [0.5, 0.6) is 0 Å². The van der Waals surface area contributed by atoms with Gasteiger partial charge in [0.1, 0.15) is 0 Å². The second-order valence-corrected chi connectivity index (χ2v) is 5.68. The van der Waals surface area contributed by atoms with Crippen LogP contribution in [0.15, 0.2) is 18.2 Å². The van der Waals surface area contributed by atoms with Crippen LogP contribution in [0.2, 0.25) is 0 Å². The van der Waals surface area contributed by atoms with Crippen LogP contribution < -0.4 is 10.2 Å². The number of aryl methyl sites for hydroxylation is 1. The Balaban J connectivity index is 1.77. The first kappa shape index (κ1) is 12.0. The number of nitrogens with one attached hydrogen (secondary N) is 1. The van der Waals surface area contributed by atoms with Crippen LogP contribution >= 0.6 is 0 Å². The highest BCUT2D eigenvalue weighted by Crippen LogP contribution is 2.27. The molecule has 0 amide bonds. The van der Waals surface area contributed by atoms with Crippen LogP contribution in [-0.2, 0) is 6.54 Å². The maximum atomic E-state index is 9.68. The number of nitrogens with zero attached hydrogens (tertiary/aromatic N) is 1. The van der Waals surface area contributed by atoms with E-state index in [0.29, 0.717) is 0 Å². The monoisotopic (exact) mass is 246 g/mol. The summed E-state index contributed by atoms with van der Waals surface area (Å²) >= 11 is 0. The zero-order valence-electron chi connectivity index (χ0n) is 11.0. The van der Waals surface area contributed by atoms with E-state index in [2.05, 4.69) is 35.3 Å². The summed E-state index contributed by atoms with van der Waals surface area (Å²) < 4.78 is 0. The van der Waals surface area contributed by atoms with Crippen molar-refractivity contribution in [2.24, 2.45) is 0 Å². The van der Waals surface area contributed by atoms with Crippen molar-refractivity contribution < 1.29 is 5.11 Å². The molecule has 1 unspecified atom stereocenters. The molecule has 1 aromatic rings. The van der Waals surface area contributed by atoms with E-state index in [1.54, 1.807) is 0 Å². The zero-order chi connectivity index (χ0) is 12.5. The molecule has 0 bridgehead atoms. The Morgan fingerprint density at radius 1 is 1.33 bits per heavy atom. The average Bonchev–Trinajstić information content (AvgIpc) is 3.08. The summed E-state index contributed by atoms with van der Waals surface area (Å²) in [6, 6.07) is 7.38. The van der Waals surface area contributed by atoms with Crippen LogP contribution in [0.3, 0.4) is 0 Å². The summed E-state index contributed by atoms with van der Waals surface area (Å²) in [4.78, 5) is 2.31. The topological polar surface area (TPSA) is 35.5 Å². The number of hydrogen-bond acceptors (Lipinski definition) is 3. The normalized spacial score (nSPS) is 23.7. The molecule has 0 aromatic heterocycles. The minimum atomic E-state index is -0.157. The van der Waals surface area contributed by atoms with E-state index in [1.165, 1.54) is 29.7 Å². The minimum absolute atomic E-state index is 0.157. The molecule has 18 heavy (non-hydrogen) atoms. The smallest absolute Gasteiger partial charge is 0.0731 e. The Morgan fingerprint density at radius 2 is 2.17 bits per heavy atom. The van der Waals surface area contributed by atoms with Crippen LogP contribution in [0.1, 0.15) is 30.4 Å². The van der Waals surface area contributed by atoms with Gasteiger partial charge in [-0.2, -0.15) is 0 Å². The molecule has 2 aliphatic rings. The van der Waals surface area contributed by atoms with Gasteiger partial charge in [0.05, 0.1) is 6.10 Å². The van der Waals surface area contributed by atoms with E-state index in [-0.39, 0.29) is 6.10 Å². The quantitative estimate of drug-likeness (QED) is 0.850. The first-order valence-electron chi connectivity index (χ1n) is 6.98. The van der Waals surface area contributed by atoms with Crippen molar-refractivity contribution in [2.75, 3.05) is 18.0 Å². The van der Waals surface area contributed by atoms with Crippen molar-refractivity contribution >= 4 is 5.69 Å². The summed E-state index contributed by atoms with van der Waals surface area (Å²) in [5.74, 6) is 0. The van der Waals surface area contributed by atoms with Gasteiger partial charge < -0.3 is 15.3 Å². The molecule has 98 valence electrons. The van der Waals surface area contributed by atoms with E-state index in [1.807, 2.05) is 0 Å². The molecular formula is C15H22N2O. The Morgan fingerprint density at radius 3 is 2.83 bits per heavy atom. The van der Waals surface area contributed by atoms with Crippen LogP contribution in [0.4, 0.5) is 5.69 Å². The maximum Gasteiger partial charge on any atom is 0.0731 e. The van der Waals surface area contributed by atoms with Gasteiger partial charge in [-0.05, 0) is 37.8 Å². The van der Waals surface area contributed by atoms with E-state index in [4.69, 9.17) is 0 Å². The lowest BCUT2D eigenvalue weighted by Crippen LogP contribution is -2.24. The number of benzene rings is 1. The van der Waals surface area contributed by atoms with Crippen molar-refractivity contribution in [2.45, 2.75) is 44.9 Å². The number of rotatable bonds is 4. The van der Waals surface area contributed by atoms with Crippen molar-refractivity contribution in [3.05, 3.63) is 29.3 Å². The molecule has 3 heteroatoms. The number of hydrogen-bond donors (Lipinski definition) is 2. The highest BCUT2D eigenvalue weighted by Gasteiger charge is 2.24. The van der Waals surface area contributed by atoms with E-state index in [0.717, 1.165) is 32.1 Å². The van der Waals surface area contributed by atoms with Gasteiger partial charge >= 0.3 is 0 Å². The summed E-state index contributed by atoms with van der Waals surface area (Å²) in [5, 5.41) is 13.3. The second kappa shape index (κ2) is 4.90. The number of aliphatic hydroxyl groups excluding tert-OH is 1. The molecular weight excluding hydrogens is 224 g/mol.